The van der Waals surface area contributed by atoms with Gasteiger partial charge in [-0.05, 0) is 55.3 Å². The molecule has 2 heterocycles. The van der Waals surface area contributed by atoms with E-state index in [1.54, 1.807) is 30.7 Å². The summed E-state index contributed by atoms with van der Waals surface area (Å²) in [7, 11) is 0. The molecule has 2 aliphatic rings. The third-order valence-corrected chi connectivity index (χ3v) is 6.67. The first-order valence-corrected chi connectivity index (χ1v) is 11.8. The van der Waals surface area contributed by atoms with Gasteiger partial charge in [0.2, 0.25) is 0 Å². The van der Waals surface area contributed by atoms with E-state index in [4.69, 9.17) is 19.3 Å². The molecule has 6 rings (SSSR count). The van der Waals surface area contributed by atoms with Crippen LogP contribution in [-0.4, -0.2) is 27.2 Å². The Bertz CT molecular complexity index is 1420. The van der Waals surface area contributed by atoms with E-state index in [-0.39, 0.29) is 18.2 Å². The third kappa shape index (κ3) is 4.15. The molecule has 0 amide bonds. The number of hydrogen-bond donors (Lipinski definition) is 1. The lowest BCUT2D eigenvalue weighted by molar-refractivity contribution is -0.137. The average molecular weight is 486 g/mol. The summed E-state index contributed by atoms with van der Waals surface area (Å²) in [5.74, 6) is 1.09. The number of carbonyl (C=O) groups is 1. The minimum Gasteiger partial charge on any atom is -0.492 e. The first kappa shape index (κ1) is 22.2. The minimum absolute atomic E-state index is 0.0173. The van der Waals surface area contributed by atoms with E-state index < -0.39 is 12.1 Å². The summed E-state index contributed by atoms with van der Waals surface area (Å²) in [6, 6.07) is 16.1. The van der Waals surface area contributed by atoms with Crippen LogP contribution in [0.5, 0.6) is 23.0 Å². The lowest BCUT2D eigenvalue weighted by atomic mass is 9.98. The van der Waals surface area contributed by atoms with Gasteiger partial charge in [0.1, 0.15) is 34.9 Å². The summed E-state index contributed by atoms with van der Waals surface area (Å²) in [5, 5.41) is 9.10. The minimum atomic E-state index is -0.859. The Morgan fingerprint density at radius 1 is 1.14 bits per heavy atom. The van der Waals surface area contributed by atoms with Crippen molar-refractivity contribution in [1.82, 2.24) is 9.55 Å². The first-order chi connectivity index (χ1) is 17.5. The highest BCUT2D eigenvalue weighted by molar-refractivity contribution is 5.68. The molecule has 0 saturated heterocycles. The van der Waals surface area contributed by atoms with Crippen molar-refractivity contribution in [3.05, 3.63) is 95.8 Å². The molecule has 0 spiro atoms. The Hall–Kier alpha value is -4.33. The number of nitrogens with zero attached hydrogens (tertiary/aromatic N) is 2. The Morgan fingerprint density at radius 3 is 2.75 bits per heavy atom. The van der Waals surface area contributed by atoms with Crippen LogP contribution in [0.3, 0.4) is 0 Å². The van der Waals surface area contributed by atoms with E-state index in [1.165, 1.54) is 6.07 Å². The topological polar surface area (TPSA) is 82.8 Å². The van der Waals surface area contributed by atoms with Crippen LogP contribution in [0, 0.1) is 5.82 Å². The molecule has 0 radical (unpaired) electrons. The van der Waals surface area contributed by atoms with E-state index in [1.807, 2.05) is 41.1 Å². The van der Waals surface area contributed by atoms with Crippen LogP contribution in [0.2, 0.25) is 0 Å². The number of carboxylic acids is 1. The highest BCUT2D eigenvalue weighted by Crippen LogP contribution is 2.44. The van der Waals surface area contributed by atoms with Crippen molar-refractivity contribution >= 4 is 5.97 Å². The van der Waals surface area contributed by atoms with Crippen molar-refractivity contribution in [3.8, 4) is 28.7 Å². The summed E-state index contributed by atoms with van der Waals surface area (Å²) in [6.07, 6.45) is 6.12. The van der Waals surface area contributed by atoms with Crippen molar-refractivity contribution in [2.24, 2.45) is 0 Å². The summed E-state index contributed by atoms with van der Waals surface area (Å²) in [5.41, 5.74) is 3.13. The van der Waals surface area contributed by atoms with E-state index >= 15 is 0 Å². The fourth-order valence-electron chi connectivity index (χ4n) is 4.95. The highest BCUT2D eigenvalue weighted by Gasteiger charge is 2.32. The van der Waals surface area contributed by atoms with Gasteiger partial charge in [-0.25, -0.2) is 9.37 Å². The number of benzene rings is 3. The second-order valence-corrected chi connectivity index (χ2v) is 8.95. The molecule has 3 aromatic carbocycles. The van der Waals surface area contributed by atoms with E-state index in [2.05, 4.69) is 4.98 Å². The monoisotopic (exact) mass is 486 g/mol. The summed E-state index contributed by atoms with van der Waals surface area (Å²) < 4.78 is 34.8. The number of imidazole rings is 1. The zero-order valence-corrected chi connectivity index (χ0v) is 19.3. The fraction of sp³-hybridized carbons (Fsp3) is 0.214. The quantitative estimate of drug-likeness (QED) is 0.354. The van der Waals surface area contributed by atoms with Crippen molar-refractivity contribution in [3.63, 3.8) is 0 Å². The molecule has 0 bridgehead atoms. The van der Waals surface area contributed by atoms with E-state index in [0.717, 1.165) is 16.8 Å². The van der Waals surface area contributed by atoms with Crippen molar-refractivity contribution < 1.29 is 28.5 Å². The fourth-order valence-corrected chi connectivity index (χ4v) is 4.95. The number of rotatable bonds is 7. The summed E-state index contributed by atoms with van der Waals surface area (Å²) in [6.45, 7) is 0.329. The molecule has 1 unspecified atom stereocenters. The standard InChI is InChI=1S/C28H23FN2O5/c29-23-8-10-24(35-19-3-1-18(2-4-19)31-12-11-30-16-31)22-7-9-25(28(22)23)36-20-5-6-21-17(13-27(32)33)15-34-26(21)14-20/h1-6,8,10-12,14,16-17,25H,7,9,13,15H2,(H,32,33)/t17?,25-/m1/s1. The molecule has 7 nitrogen and oxygen atoms in total. The van der Waals surface area contributed by atoms with Crippen LogP contribution in [-0.2, 0) is 11.2 Å². The third-order valence-electron chi connectivity index (χ3n) is 6.67. The van der Waals surface area contributed by atoms with Crippen molar-refractivity contribution in [2.75, 3.05) is 6.61 Å². The molecule has 1 aromatic heterocycles. The lowest BCUT2D eigenvalue weighted by Gasteiger charge is -2.17. The van der Waals surface area contributed by atoms with Gasteiger partial charge in [0.15, 0.2) is 0 Å². The van der Waals surface area contributed by atoms with Gasteiger partial charge in [-0.3, -0.25) is 4.79 Å². The summed E-state index contributed by atoms with van der Waals surface area (Å²) in [4.78, 5) is 15.1. The molecule has 2 atom stereocenters. The van der Waals surface area contributed by atoms with Gasteiger partial charge in [0.25, 0.3) is 0 Å². The van der Waals surface area contributed by atoms with Crippen LogP contribution in [0.1, 0.15) is 41.6 Å². The predicted molar refractivity (Wildman–Crippen MR) is 129 cm³/mol. The lowest BCUT2D eigenvalue weighted by Crippen LogP contribution is -2.07. The molecular formula is C28H23FN2O5. The first-order valence-electron chi connectivity index (χ1n) is 11.8. The van der Waals surface area contributed by atoms with Crippen LogP contribution < -0.4 is 14.2 Å². The number of fused-ring (bicyclic) bond motifs is 2. The zero-order chi connectivity index (χ0) is 24.6. The Labute approximate surface area is 206 Å². The van der Waals surface area contributed by atoms with Gasteiger partial charge < -0.3 is 23.9 Å². The van der Waals surface area contributed by atoms with E-state index in [9.17, 15) is 9.18 Å². The zero-order valence-electron chi connectivity index (χ0n) is 19.3. The molecule has 182 valence electrons. The normalized spacial score (nSPS) is 17.8. The van der Waals surface area contributed by atoms with Crippen LogP contribution in [0.15, 0.2) is 73.3 Å². The van der Waals surface area contributed by atoms with Crippen molar-refractivity contribution in [2.45, 2.75) is 31.3 Å². The van der Waals surface area contributed by atoms with Gasteiger partial charge in [-0.1, -0.05) is 6.07 Å². The number of aromatic nitrogens is 2. The number of aliphatic carboxylic acids is 1. The molecule has 1 N–H and O–H groups in total. The Morgan fingerprint density at radius 2 is 1.97 bits per heavy atom. The number of halogens is 1. The average Bonchev–Trinajstić information content (AvgIpc) is 3.63. The second kappa shape index (κ2) is 9.03. The van der Waals surface area contributed by atoms with Crippen molar-refractivity contribution in [1.29, 1.82) is 0 Å². The van der Waals surface area contributed by atoms with Crippen LogP contribution >= 0.6 is 0 Å². The predicted octanol–water partition coefficient (Wildman–Crippen LogP) is 5.82. The number of carboxylic acid groups (broad SMARTS) is 1. The largest absolute Gasteiger partial charge is 0.492 e. The molecule has 36 heavy (non-hydrogen) atoms. The SMILES string of the molecule is O=C(O)CC1COc2cc(O[C@@H]3CCc4c(Oc5ccc(-n6ccnc6)cc5)ccc(F)c43)ccc21. The molecule has 1 aliphatic carbocycles. The molecule has 8 heteroatoms. The van der Waals surface area contributed by atoms with Crippen LogP contribution in [0.25, 0.3) is 5.69 Å². The Balaban J connectivity index is 1.20. The second-order valence-electron chi connectivity index (χ2n) is 8.95. The van der Waals surface area contributed by atoms with E-state index in [0.29, 0.717) is 48.0 Å². The molecule has 1 aliphatic heterocycles. The van der Waals surface area contributed by atoms with Gasteiger partial charge in [-0.15, -0.1) is 0 Å². The maximum Gasteiger partial charge on any atom is 0.304 e. The van der Waals surface area contributed by atoms with Gasteiger partial charge >= 0.3 is 5.97 Å². The van der Waals surface area contributed by atoms with Gasteiger partial charge in [0, 0.05) is 46.8 Å². The number of ether oxygens (including phenoxy) is 3. The van der Waals surface area contributed by atoms with Gasteiger partial charge in [-0.2, -0.15) is 0 Å². The number of hydrogen-bond acceptors (Lipinski definition) is 5. The molecule has 0 saturated carbocycles. The molecular weight excluding hydrogens is 463 g/mol. The molecule has 4 aromatic rings. The summed E-state index contributed by atoms with van der Waals surface area (Å²) >= 11 is 0. The smallest absolute Gasteiger partial charge is 0.304 e. The molecule has 0 fully saturated rings. The maximum absolute atomic E-state index is 14.9. The van der Waals surface area contributed by atoms with Crippen LogP contribution in [0.4, 0.5) is 4.39 Å². The van der Waals surface area contributed by atoms with Gasteiger partial charge in [0.05, 0.1) is 19.4 Å². The maximum atomic E-state index is 14.9. The Kier molecular flexibility index (Phi) is 5.56. The highest BCUT2D eigenvalue weighted by atomic mass is 19.1.